The molecule has 1 saturated heterocycles. The first kappa shape index (κ1) is 15.3. The highest BCUT2D eigenvalue weighted by Gasteiger charge is 2.67. The molecule has 0 bridgehead atoms. The van der Waals surface area contributed by atoms with Crippen LogP contribution in [0.5, 0.6) is 0 Å². The number of rotatable bonds is 3. The number of nitrogens with two attached hydrogens (primary N) is 1. The van der Waals surface area contributed by atoms with E-state index >= 15 is 0 Å². The van der Waals surface area contributed by atoms with E-state index in [0.29, 0.717) is 11.8 Å². The third-order valence-corrected chi connectivity index (χ3v) is 7.65. The summed E-state index contributed by atoms with van der Waals surface area (Å²) in [5, 5.41) is 23.5. The molecular weight excluding hydrogens is 282 g/mol. The summed E-state index contributed by atoms with van der Waals surface area (Å²) in [6.07, 6.45) is 0. The minimum atomic E-state index is -4.17. The van der Waals surface area contributed by atoms with Gasteiger partial charge in [-0.05, 0) is 19.8 Å². The Labute approximate surface area is 109 Å². The lowest BCUT2D eigenvalue weighted by molar-refractivity contribution is -0.152. The van der Waals surface area contributed by atoms with Crippen LogP contribution in [0.25, 0.3) is 0 Å². The zero-order valence-corrected chi connectivity index (χ0v) is 11.7. The SMILES string of the molecule is C[C@@H]1[C@](C)(C(=O)O)[C@@H](S(N)(=O)=O)S[C@@]1(C)C(=O)O. The molecule has 0 unspecified atom stereocenters. The van der Waals surface area contributed by atoms with Crippen molar-refractivity contribution in [2.24, 2.45) is 16.5 Å². The minimum Gasteiger partial charge on any atom is -0.481 e. The molecule has 7 nitrogen and oxygen atoms in total. The molecule has 18 heavy (non-hydrogen) atoms. The van der Waals surface area contributed by atoms with Crippen LogP contribution in [0.2, 0.25) is 0 Å². The first-order valence-corrected chi connectivity index (χ1v) is 7.53. The molecular formula is C9H15NO6S2. The Morgan fingerprint density at radius 1 is 1.22 bits per heavy atom. The quantitative estimate of drug-likeness (QED) is 0.663. The Kier molecular flexibility index (Phi) is 3.48. The molecule has 104 valence electrons. The van der Waals surface area contributed by atoms with Crippen molar-refractivity contribution in [1.82, 2.24) is 0 Å². The molecule has 4 atom stereocenters. The van der Waals surface area contributed by atoms with Gasteiger partial charge in [-0.1, -0.05) is 6.92 Å². The van der Waals surface area contributed by atoms with Crippen molar-refractivity contribution in [3.05, 3.63) is 0 Å². The molecule has 1 rings (SSSR count). The summed E-state index contributed by atoms with van der Waals surface area (Å²) in [6.45, 7) is 3.95. The smallest absolute Gasteiger partial charge is 0.319 e. The number of aliphatic carboxylic acids is 2. The van der Waals surface area contributed by atoms with E-state index in [4.69, 9.17) is 5.14 Å². The molecule has 1 fully saturated rings. The molecule has 1 aliphatic rings. The molecule has 0 spiro atoms. The van der Waals surface area contributed by atoms with Crippen LogP contribution in [-0.4, -0.2) is 39.9 Å². The predicted molar refractivity (Wildman–Crippen MR) is 65.4 cm³/mol. The second kappa shape index (κ2) is 4.10. The number of sulfonamides is 1. The van der Waals surface area contributed by atoms with Crippen molar-refractivity contribution in [3.63, 3.8) is 0 Å². The molecule has 0 saturated carbocycles. The van der Waals surface area contributed by atoms with Gasteiger partial charge in [0.1, 0.15) is 9.33 Å². The van der Waals surface area contributed by atoms with Gasteiger partial charge in [-0.15, -0.1) is 11.8 Å². The normalized spacial score (nSPS) is 40.7. The standard InChI is InChI=1S/C9H15NO6S2/c1-4-8(2,5(11)12)7(18(10,15)16)17-9(4,3)6(13)14/h4,7H,1-3H3,(H,11,12)(H,13,14)(H2,10,15,16)/t4-,7-,8-,9-/m1/s1. The molecule has 0 aromatic carbocycles. The Balaban J connectivity index is 3.48. The lowest BCUT2D eigenvalue weighted by Crippen LogP contribution is -2.47. The molecule has 9 heteroatoms. The van der Waals surface area contributed by atoms with E-state index in [1.807, 2.05) is 0 Å². The zero-order chi connectivity index (χ0) is 14.5. The van der Waals surface area contributed by atoms with E-state index in [2.05, 4.69) is 0 Å². The average molecular weight is 297 g/mol. The Bertz CT molecular complexity index is 503. The van der Waals surface area contributed by atoms with E-state index in [0.717, 1.165) is 0 Å². The van der Waals surface area contributed by atoms with Gasteiger partial charge in [-0.3, -0.25) is 9.59 Å². The van der Waals surface area contributed by atoms with Crippen LogP contribution < -0.4 is 5.14 Å². The van der Waals surface area contributed by atoms with Crippen molar-refractivity contribution in [3.8, 4) is 0 Å². The number of hydrogen-bond acceptors (Lipinski definition) is 5. The highest BCUT2D eigenvalue weighted by molar-refractivity contribution is 8.14. The van der Waals surface area contributed by atoms with Crippen LogP contribution in [0, 0.1) is 11.3 Å². The van der Waals surface area contributed by atoms with Crippen LogP contribution in [0.3, 0.4) is 0 Å². The largest absolute Gasteiger partial charge is 0.481 e. The van der Waals surface area contributed by atoms with Gasteiger partial charge in [0.2, 0.25) is 10.0 Å². The fourth-order valence-electron chi connectivity index (χ4n) is 2.15. The van der Waals surface area contributed by atoms with Gasteiger partial charge in [0, 0.05) is 0 Å². The van der Waals surface area contributed by atoms with E-state index in [-0.39, 0.29) is 0 Å². The predicted octanol–water partition coefficient (Wildman–Crippen LogP) is -0.0819. The van der Waals surface area contributed by atoms with Gasteiger partial charge in [0.05, 0.1) is 5.41 Å². The number of hydrogen-bond donors (Lipinski definition) is 3. The average Bonchev–Trinajstić information content (AvgIpc) is 2.41. The first-order valence-electron chi connectivity index (χ1n) is 5.04. The fourth-order valence-corrected chi connectivity index (χ4v) is 5.82. The van der Waals surface area contributed by atoms with Crippen molar-refractivity contribution >= 4 is 33.7 Å². The number of primary sulfonamides is 1. The van der Waals surface area contributed by atoms with Gasteiger partial charge >= 0.3 is 11.9 Å². The maximum atomic E-state index is 11.5. The first-order chi connectivity index (χ1) is 7.88. The van der Waals surface area contributed by atoms with Gasteiger partial charge in [0.25, 0.3) is 0 Å². The van der Waals surface area contributed by atoms with Gasteiger partial charge in [-0.25, -0.2) is 13.6 Å². The molecule has 1 aliphatic heterocycles. The maximum Gasteiger partial charge on any atom is 0.319 e. The monoisotopic (exact) mass is 297 g/mol. The van der Waals surface area contributed by atoms with Gasteiger partial charge in [-0.2, -0.15) is 0 Å². The lowest BCUT2D eigenvalue weighted by Gasteiger charge is -2.31. The summed E-state index contributed by atoms with van der Waals surface area (Å²) >= 11 is 0.578. The van der Waals surface area contributed by atoms with Crippen molar-refractivity contribution in [2.75, 3.05) is 0 Å². The van der Waals surface area contributed by atoms with Crippen molar-refractivity contribution in [2.45, 2.75) is 30.1 Å². The Morgan fingerprint density at radius 2 is 1.67 bits per heavy atom. The molecule has 0 aliphatic carbocycles. The number of thioether (sulfide) groups is 1. The highest BCUT2D eigenvalue weighted by Crippen LogP contribution is 2.59. The molecule has 0 amide bonds. The van der Waals surface area contributed by atoms with Gasteiger partial charge in [0.15, 0.2) is 0 Å². The van der Waals surface area contributed by atoms with Crippen LogP contribution >= 0.6 is 11.8 Å². The lowest BCUT2D eigenvalue weighted by atomic mass is 9.73. The summed E-state index contributed by atoms with van der Waals surface area (Å²) in [7, 11) is -4.17. The summed E-state index contributed by atoms with van der Waals surface area (Å²) in [5.41, 5.74) is -1.74. The van der Waals surface area contributed by atoms with Crippen molar-refractivity contribution < 1.29 is 28.2 Å². The van der Waals surface area contributed by atoms with E-state index in [1.54, 1.807) is 0 Å². The Hall–Kier alpha value is -0.800. The van der Waals surface area contributed by atoms with Crippen LogP contribution in [0.1, 0.15) is 20.8 Å². The second-order valence-electron chi connectivity index (χ2n) is 4.76. The molecule has 0 aromatic rings. The van der Waals surface area contributed by atoms with Crippen molar-refractivity contribution in [1.29, 1.82) is 0 Å². The van der Waals surface area contributed by atoms with E-state index < -0.39 is 42.6 Å². The number of carboxylic acid groups (broad SMARTS) is 2. The molecule has 0 aromatic heterocycles. The topological polar surface area (TPSA) is 135 Å². The summed E-state index contributed by atoms with van der Waals surface area (Å²) < 4.78 is 20.0. The summed E-state index contributed by atoms with van der Waals surface area (Å²) in [4.78, 5) is 22.6. The van der Waals surface area contributed by atoms with E-state index in [9.17, 15) is 28.2 Å². The third-order valence-electron chi connectivity index (χ3n) is 3.75. The summed E-state index contributed by atoms with van der Waals surface area (Å²) in [5.74, 6) is -3.52. The van der Waals surface area contributed by atoms with Crippen LogP contribution in [0.15, 0.2) is 0 Å². The highest BCUT2D eigenvalue weighted by atomic mass is 32.3. The second-order valence-corrected chi connectivity index (χ2v) is 8.26. The molecule has 0 radical (unpaired) electrons. The fraction of sp³-hybridized carbons (Fsp3) is 0.778. The van der Waals surface area contributed by atoms with E-state index in [1.165, 1.54) is 20.8 Å². The molecule has 4 N–H and O–H groups in total. The summed E-state index contributed by atoms with van der Waals surface area (Å²) in [6, 6.07) is 0. The minimum absolute atomic E-state index is 0.578. The zero-order valence-electron chi connectivity index (χ0n) is 10.1. The van der Waals surface area contributed by atoms with Gasteiger partial charge < -0.3 is 10.2 Å². The maximum absolute atomic E-state index is 11.5. The molecule has 1 heterocycles. The third kappa shape index (κ3) is 1.90. The number of carboxylic acids is 2. The van der Waals surface area contributed by atoms with Crippen LogP contribution in [0.4, 0.5) is 0 Å². The number of carbonyl (C=O) groups is 2. The van der Waals surface area contributed by atoms with Crippen LogP contribution in [-0.2, 0) is 19.6 Å². The Morgan fingerprint density at radius 3 is 1.89 bits per heavy atom.